The Morgan fingerprint density at radius 1 is 1.57 bits per heavy atom. The molecule has 21 heavy (non-hydrogen) atoms. The van der Waals surface area contributed by atoms with Crippen molar-refractivity contribution in [3.63, 3.8) is 0 Å². The predicted octanol–water partition coefficient (Wildman–Crippen LogP) is 1.97. The second kappa shape index (κ2) is 7.67. The first-order chi connectivity index (χ1) is 10.2. The fourth-order valence-electron chi connectivity index (χ4n) is 2.74. The normalized spacial score (nSPS) is 22.3. The van der Waals surface area contributed by atoms with Crippen molar-refractivity contribution in [1.29, 1.82) is 5.26 Å². The van der Waals surface area contributed by atoms with Crippen molar-refractivity contribution in [2.45, 2.75) is 39.0 Å². The molecule has 1 aromatic heterocycles. The van der Waals surface area contributed by atoms with Gasteiger partial charge in [-0.05, 0) is 31.1 Å². The summed E-state index contributed by atoms with van der Waals surface area (Å²) in [5, 5.41) is 14.7. The lowest BCUT2D eigenvalue weighted by molar-refractivity contribution is 0.521. The van der Waals surface area contributed by atoms with E-state index < -0.39 is 0 Å². The molecule has 6 heteroatoms. The molecule has 2 atom stereocenters. The first-order valence-corrected chi connectivity index (χ1v) is 7.60. The smallest absolute Gasteiger partial charge is 0.204 e. The monoisotopic (exact) mass is 288 g/mol. The SMILES string of the molecule is CC(C)CN=C(NC#N)NC[C@H]1CC[C@H](c2cnc[nH]2)C1. The van der Waals surface area contributed by atoms with Crippen LogP contribution in [0.1, 0.15) is 44.7 Å². The van der Waals surface area contributed by atoms with Crippen LogP contribution < -0.4 is 10.6 Å². The van der Waals surface area contributed by atoms with E-state index in [9.17, 15) is 0 Å². The number of nitriles is 1. The minimum atomic E-state index is 0.485. The first kappa shape index (κ1) is 15.4. The van der Waals surface area contributed by atoms with E-state index in [1.165, 1.54) is 18.5 Å². The summed E-state index contributed by atoms with van der Waals surface area (Å²) < 4.78 is 0. The fraction of sp³-hybridized carbons (Fsp3) is 0.667. The summed E-state index contributed by atoms with van der Waals surface area (Å²) in [5.41, 5.74) is 1.24. The van der Waals surface area contributed by atoms with Crippen LogP contribution in [-0.2, 0) is 0 Å². The van der Waals surface area contributed by atoms with Crippen LogP contribution >= 0.6 is 0 Å². The average molecular weight is 288 g/mol. The molecule has 1 aromatic rings. The molecule has 0 unspecified atom stereocenters. The molecule has 1 saturated carbocycles. The third-order valence-corrected chi connectivity index (χ3v) is 3.85. The lowest BCUT2D eigenvalue weighted by Crippen LogP contribution is -2.37. The standard InChI is InChI=1S/C15H24N6/c1-11(2)6-18-15(20-9-16)19-7-12-3-4-13(5-12)14-8-17-10-21-14/h8,10-13H,3-7H2,1-2H3,(H,17,21)(H2,18,19,20)/t12-,13-/m0/s1. The first-order valence-electron chi connectivity index (χ1n) is 7.60. The van der Waals surface area contributed by atoms with Gasteiger partial charge in [0, 0.05) is 30.9 Å². The van der Waals surface area contributed by atoms with E-state index >= 15 is 0 Å². The van der Waals surface area contributed by atoms with Crippen molar-refractivity contribution in [1.82, 2.24) is 20.6 Å². The summed E-state index contributed by atoms with van der Waals surface area (Å²) >= 11 is 0. The Bertz CT molecular complexity index is 485. The summed E-state index contributed by atoms with van der Waals surface area (Å²) in [6.07, 6.45) is 9.15. The zero-order valence-electron chi connectivity index (χ0n) is 12.8. The lowest BCUT2D eigenvalue weighted by Gasteiger charge is -2.14. The van der Waals surface area contributed by atoms with Crippen LogP contribution in [0.15, 0.2) is 17.5 Å². The van der Waals surface area contributed by atoms with E-state index in [1.54, 1.807) is 6.33 Å². The van der Waals surface area contributed by atoms with Gasteiger partial charge >= 0.3 is 0 Å². The molecule has 0 bridgehead atoms. The van der Waals surface area contributed by atoms with Gasteiger partial charge in [-0.3, -0.25) is 10.3 Å². The second-order valence-electron chi connectivity index (χ2n) is 6.08. The minimum Gasteiger partial charge on any atom is -0.355 e. The van der Waals surface area contributed by atoms with Crippen LogP contribution in [0.25, 0.3) is 0 Å². The highest BCUT2D eigenvalue weighted by atomic mass is 15.2. The zero-order chi connectivity index (χ0) is 15.1. The largest absolute Gasteiger partial charge is 0.355 e. The zero-order valence-corrected chi connectivity index (χ0v) is 12.8. The van der Waals surface area contributed by atoms with Gasteiger partial charge in [-0.1, -0.05) is 13.8 Å². The van der Waals surface area contributed by atoms with Gasteiger partial charge in [0.2, 0.25) is 5.96 Å². The molecule has 1 aliphatic carbocycles. The van der Waals surface area contributed by atoms with E-state index in [0.717, 1.165) is 19.5 Å². The molecule has 1 heterocycles. The number of aliphatic imine (C=N–C) groups is 1. The van der Waals surface area contributed by atoms with Gasteiger partial charge in [0.05, 0.1) is 6.33 Å². The summed E-state index contributed by atoms with van der Waals surface area (Å²) in [5.74, 6) is 2.28. The third-order valence-electron chi connectivity index (χ3n) is 3.85. The molecule has 3 N–H and O–H groups in total. The Morgan fingerprint density at radius 2 is 2.43 bits per heavy atom. The maximum Gasteiger partial charge on any atom is 0.204 e. The molecule has 0 aliphatic heterocycles. The van der Waals surface area contributed by atoms with Gasteiger partial charge in [-0.25, -0.2) is 4.98 Å². The molecule has 6 nitrogen and oxygen atoms in total. The maximum absolute atomic E-state index is 8.77. The Kier molecular flexibility index (Phi) is 5.61. The molecule has 0 radical (unpaired) electrons. The fourth-order valence-corrected chi connectivity index (χ4v) is 2.74. The molecule has 0 amide bonds. The highest BCUT2D eigenvalue weighted by Gasteiger charge is 2.26. The van der Waals surface area contributed by atoms with Gasteiger partial charge in [0.1, 0.15) is 0 Å². The molecular formula is C15H24N6. The Labute approximate surface area is 126 Å². The number of nitrogens with one attached hydrogen (secondary N) is 3. The molecular weight excluding hydrogens is 264 g/mol. The van der Waals surface area contributed by atoms with Crippen molar-refractivity contribution in [3.8, 4) is 6.19 Å². The number of aromatic nitrogens is 2. The van der Waals surface area contributed by atoms with Crippen molar-refractivity contribution < 1.29 is 0 Å². The Hall–Kier alpha value is -2.03. The number of aromatic amines is 1. The Balaban J connectivity index is 1.79. The number of guanidine groups is 1. The van der Waals surface area contributed by atoms with Crippen LogP contribution in [0.2, 0.25) is 0 Å². The number of hydrogen-bond donors (Lipinski definition) is 3. The molecule has 1 fully saturated rings. The molecule has 114 valence electrons. The van der Waals surface area contributed by atoms with Crippen molar-refractivity contribution in [3.05, 3.63) is 18.2 Å². The number of hydrogen-bond acceptors (Lipinski definition) is 3. The highest BCUT2D eigenvalue weighted by molar-refractivity contribution is 5.81. The van der Waals surface area contributed by atoms with Crippen molar-refractivity contribution >= 4 is 5.96 Å². The lowest BCUT2D eigenvalue weighted by atomic mass is 10.0. The average Bonchev–Trinajstić information content (AvgIpc) is 3.11. The molecule has 2 rings (SSSR count). The van der Waals surface area contributed by atoms with E-state index in [2.05, 4.69) is 39.4 Å². The molecule has 0 saturated heterocycles. The number of imidazole rings is 1. The predicted molar refractivity (Wildman–Crippen MR) is 82.6 cm³/mol. The maximum atomic E-state index is 8.77. The van der Waals surface area contributed by atoms with E-state index in [4.69, 9.17) is 5.26 Å². The van der Waals surface area contributed by atoms with Gasteiger partial charge in [0.25, 0.3) is 0 Å². The summed E-state index contributed by atoms with van der Waals surface area (Å²) in [4.78, 5) is 11.7. The molecule has 0 aromatic carbocycles. The van der Waals surface area contributed by atoms with Crippen LogP contribution in [-0.4, -0.2) is 29.0 Å². The van der Waals surface area contributed by atoms with Gasteiger partial charge in [0.15, 0.2) is 6.19 Å². The number of H-pyrrole nitrogens is 1. The summed E-state index contributed by atoms with van der Waals surface area (Å²) in [6.45, 7) is 5.80. The quantitative estimate of drug-likeness (QED) is 0.334. The minimum absolute atomic E-state index is 0.485. The van der Waals surface area contributed by atoms with Crippen LogP contribution in [0.4, 0.5) is 0 Å². The van der Waals surface area contributed by atoms with Crippen molar-refractivity contribution in [2.24, 2.45) is 16.8 Å². The van der Waals surface area contributed by atoms with Gasteiger partial charge in [-0.15, -0.1) is 0 Å². The van der Waals surface area contributed by atoms with Crippen LogP contribution in [0.5, 0.6) is 0 Å². The third kappa shape index (κ3) is 4.78. The highest BCUT2D eigenvalue weighted by Crippen LogP contribution is 2.36. The van der Waals surface area contributed by atoms with Gasteiger partial charge < -0.3 is 10.3 Å². The van der Waals surface area contributed by atoms with E-state index in [0.29, 0.717) is 23.7 Å². The Morgan fingerprint density at radius 3 is 3.10 bits per heavy atom. The molecule has 1 aliphatic rings. The number of nitrogens with zero attached hydrogens (tertiary/aromatic N) is 3. The van der Waals surface area contributed by atoms with Crippen LogP contribution in [0, 0.1) is 23.3 Å². The van der Waals surface area contributed by atoms with Gasteiger partial charge in [-0.2, -0.15) is 5.26 Å². The number of rotatable bonds is 5. The van der Waals surface area contributed by atoms with Crippen LogP contribution in [0.3, 0.4) is 0 Å². The summed E-state index contributed by atoms with van der Waals surface area (Å²) in [7, 11) is 0. The van der Waals surface area contributed by atoms with E-state index in [1.807, 2.05) is 12.4 Å². The van der Waals surface area contributed by atoms with E-state index in [-0.39, 0.29) is 0 Å². The summed E-state index contributed by atoms with van der Waals surface area (Å²) in [6, 6.07) is 0. The van der Waals surface area contributed by atoms with Crippen molar-refractivity contribution in [2.75, 3.05) is 13.1 Å². The second-order valence-corrected chi connectivity index (χ2v) is 6.08. The topological polar surface area (TPSA) is 88.9 Å². The molecule has 0 spiro atoms.